The molecule has 1 unspecified atom stereocenters. The van der Waals surface area contributed by atoms with Gasteiger partial charge in [-0.3, -0.25) is 0 Å². The third kappa shape index (κ3) is 4.99. The summed E-state index contributed by atoms with van der Waals surface area (Å²) >= 11 is 3.51. The van der Waals surface area contributed by atoms with Crippen molar-refractivity contribution in [3.8, 4) is 5.75 Å². The molecular formula is C15H24BrNO. The second kappa shape index (κ2) is 7.80. The molecule has 0 saturated carbocycles. The van der Waals surface area contributed by atoms with E-state index in [1.807, 2.05) is 6.07 Å². The summed E-state index contributed by atoms with van der Waals surface area (Å²) in [6, 6.07) is 6.24. The van der Waals surface area contributed by atoms with E-state index in [0.29, 0.717) is 11.8 Å². The molecule has 0 radical (unpaired) electrons. The van der Waals surface area contributed by atoms with Gasteiger partial charge in [-0.15, -0.1) is 0 Å². The van der Waals surface area contributed by atoms with Crippen LogP contribution in [0.2, 0.25) is 0 Å². The van der Waals surface area contributed by atoms with Gasteiger partial charge >= 0.3 is 0 Å². The van der Waals surface area contributed by atoms with E-state index in [1.54, 1.807) is 0 Å². The van der Waals surface area contributed by atoms with E-state index >= 15 is 0 Å². The average Bonchev–Trinajstić information content (AvgIpc) is 2.34. The Morgan fingerprint density at radius 1 is 1.28 bits per heavy atom. The Morgan fingerprint density at radius 3 is 2.61 bits per heavy atom. The molecule has 0 amide bonds. The van der Waals surface area contributed by atoms with Gasteiger partial charge in [0.2, 0.25) is 0 Å². The summed E-state index contributed by atoms with van der Waals surface area (Å²) in [6.45, 7) is 11.5. The van der Waals surface area contributed by atoms with Crippen molar-refractivity contribution < 1.29 is 4.74 Å². The van der Waals surface area contributed by atoms with Gasteiger partial charge in [-0.2, -0.15) is 0 Å². The van der Waals surface area contributed by atoms with E-state index in [-0.39, 0.29) is 0 Å². The molecule has 3 heteroatoms. The van der Waals surface area contributed by atoms with Gasteiger partial charge in [0.25, 0.3) is 0 Å². The summed E-state index contributed by atoms with van der Waals surface area (Å²) in [7, 11) is 0. The SMILES string of the molecule is CCNCC(C)COc1ccc(Br)cc1C(C)C. The summed E-state index contributed by atoms with van der Waals surface area (Å²) in [5, 5.41) is 3.34. The van der Waals surface area contributed by atoms with Crippen molar-refractivity contribution in [3.63, 3.8) is 0 Å². The molecule has 0 aliphatic carbocycles. The van der Waals surface area contributed by atoms with Crippen LogP contribution in [0.1, 0.15) is 39.2 Å². The summed E-state index contributed by atoms with van der Waals surface area (Å²) in [5.41, 5.74) is 1.26. The number of ether oxygens (including phenoxy) is 1. The fourth-order valence-electron chi connectivity index (χ4n) is 1.78. The minimum Gasteiger partial charge on any atom is -0.493 e. The molecule has 0 aliphatic rings. The van der Waals surface area contributed by atoms with Gasteiger partial charge in [0, 0.05) is 16.9 Å². The Bertz CT molecular complexity index is 366. The Kier molecular flexibility index (Phi) is 6.72. The first-order valence-electron chi connectivity index (χ1n) is 6.67. The molecule has 0 aromatic heterocycles. The molecule has 0 heterocycles. The Labute approximate surface area is 119 Å². The van der Waals surface area contributed by atoms with Gasteiger partial charge in [-0.25, -0.2) is 0 Å². The number of hydrogen-bond acceptors (Lipinski definition) is 2. The summed E-state index contributed by atoms with van der Waals surface area (Å²) in [6.07, 6.45) is 0. The van der Waals surface area contributed by atoms with Crippen LogP contribution in [0.25, 0.3) is 0 Å². The van der Waals surface area contributed by atoms with Gasteiger partial charge in [0.15, 0.2) is 0 Å². The van der Waals surface area contributed by atoms with Gasteiger partial charge in [0.1, 0.15) is 5.75 Å². The van der Waals surface area contributed by atoms with E-state index in [4.69, 9.17) is 4.74 Å². The number of halogens is 1. The quantitative estimate of drug-likeness (QED) is 0.814. The van der Waals surface area contributed by atoms with Crippen LogP contribution in [0, 0.1) is 5.92 Å². The van der Waals surface area contributed by atoms with Crippen LogP contribution in [-0.2, 0) is 0 Å². The topological polar surface area (TPSA) is 21.3 Å². The first kappa shape index (κ1) is 15.5. The van der Waals surface area contributed by atoms with Crippen molar-refractivity contribution >= 4 is 15.9 Å². The Balaban J connectivity index is 2.61. The van der Waals surface area contributed by atoms with Gasteiger partial charge in [-0.05, 0) is 36.2 Å². The molecular weight excluding hydrogens is 290 g/mol. The number of hydrogen-bond donors (Lipinski definition) is 1. The highest BCUT2D eigenvalue weighted by Crippen LogP contribution is 2.29. The average molecular weight is 314 g/mol. The zero-order chi connectivity index (χ0) is 13.5. The van der Waals surface area contributed by atoms with Crippen LogP contribution in [0.15, 0.2) is 22.7 Å². The van der Waals surface area contributed by atoms with Crippen LogP contribution in [0.5, 0.6) is 5.75 Å². The second-order valence-electron chi connectivity index (χ2n) is 5.06. The maximum atomic E-state index is 5.95. The Morgan fingerprint density at radius 2 is 2.00 bits per heavy atom. The molecule has 0 bridgehead atoms. The van der Waals surface area contributed by atoms with E-state index in [1.165, 1.54) is 5.56 Å². The van der Waals surface area contributed by atoms with Crippen molar-refractivity contribution in [2.45, 2.75) is 33.6 Å². The highest BCUT2D eigenvalue weighted by atomic mass is 79.9. The van der Waals surface area contributed by atoms with Crippen LogP contribution in [0.3, 0.4) is 0 Å². The van der Waals surface area contributed by atoms with E-state index in [0.717, 1.165) is 29.9 Å². The molecule has 1 aromatic rings. The number of nitrogens with one attached hydrogen (secondary N) is 1. The standard InChI is InChI=1S/C15H24BrNO/c1-5-17-9-12(4)10-18-15-7-6-13(16)8-14(15)11(2)3/h6-8,11-12,17H,5,9-10H2,1-4H3. The van der Waals surface area contributed by atoms with Crippen molar-refractivity contribution in [2.24, 2.45) is 5.92 Å². The number of benzene rings is 1. The molecule has 0 spiro atoms. The van der Waals surface area contributed by atoms with Crippen LogP contribution in [0.4, 0.5) is 0 Å². The highest BCUT2D eigenvalue weighted by molar-refractivity contribution is 9.10. The third-order valence-electron chi connectivity index (χ3n) is 2.86. The molecule has 102 valence electrons. The van der Waals surface area contributed by atoms with E-state index in [2.05, 4.69) is 61.1 Å². The van der Waals surface area contributed by atoms with Crippen molar-refractivity contribution in [3.05, 3.63) is 28.2 Å². The molecule has 0 saturated heterocycles. The lowest BCUT2D eigenvalue weighted by Crippen LogP contribution is -2.24. The van der Waals surface area contributed by atoms with Gasteiger partial charge in [-0.1, -0.05) is 43.6 Å². The van der Waals surface area contributed by atoms with E-state index in [9.17, 15) is 0 Å². The zero-order valence-electron chi connectivity index (χ0n) is 11.8. The first-order valence-corrected chi connectivity index (χ1v) is 7.46. The van der Waals surface area contributed by atoms with Crippen molar-refractivity contribution in [2.75, 3.05) is 19.7 Å². The van der Waals surface area contributed by atoms with Crippen LogP contribution < -0.4 is 10.1 Å². The molecule has 1 rings (SSSR count). The first-order chi connectivity index (χ1) is 8.54. The van der Waals surface area contributed by atoms with Crippen LogP contribution >= 0.6 is 15.9 Å². The molecule has 0 fully saturated rings. The number of rotatable bonds is 7. The summed E-state index contributed by atoms with van der Waals surface area (Å²) in [5.74, 6) is 2.01. The van der Waals surface area contributed by atoms with Crippen molar-refractivity contribution in [1.82, 2.24) is 5.32 Å². The predicted octanol–water partition coefficient (Wildman–Crippen LogP) is 4.20. The fraction of sp³-hybridized carbons (Fsp3) is 0.600. The maximum Gasteiger partial charge on any atom is 0.122 e. The molecule has 1 N–H and O–H groups in total. The third-order valence-corrected chi connectivity index (χ3v) is 3.35. The lowest BCUT2D eigenvalue weighted by molar-refractivity contribution is 0.253. The molecule has 0 aliphatic heterocycles. The smallest absolute Gasteiger partial charge is 0.122 e. The summed E-state index contributed by atoms with van der Waals surface area (Å²) in [4.78, 5) is 0. The predicted molar refractivity (Wildman–Crippen MR) is 81.4 cm³/mol. The van der Waals surface area contributed by atoms with Crippen LogP contribution in [-0.4, -0.2) is 19.7 Å². The fourth-order valence-corrected chi connectivity index (χ4v) is 2.16. The largest absolute Gasteiger partial charge is 0.493 e. The minimum absolute atomic E-state index is 0.474. The maximum absolute atomic E-state index is 5.95. The Hall–Kier alpha value is -0.540. The second-order valence-corrected chi connectivity index (χ2v) is 5.98. The molecule has 18 heavy (non-hydrogen) atoms. The monoisotopic (exact) mass is 313 g/mol. The van der Waals surface area contributed by atoms with Gasteiger partial charge in [0.05, 0.1) is 6.61 Å². The minimum atomic E-state index is 0.474. The lowest BCUT2D eigenvalue weighted by atomic mass is 10.0. The molecule has 1 atom stereocenters. The highest BCUT2D eigenvalue weighted by Gasteiger charge is 2.10. The molecule has 1 aromatic carbocycles. The lowest BCUT2D eigenvalue weighted by Gasteiger charge is -2.17. The normalized spacial score (nSPS) is 12.8. The van der Waals surface area contributed by atoms with Crippen molar-refractivity contribution in [1.29, 1.82) is 0 Å². The molecule has 2 nitrogen and oxygen atoms in total. The van der Waals surface area contributed by atoms with E-state index < -0.39 is 0 Å². The van der Waals surface area contributed by atoms with Gasteiger partial charge < -0.3 is 10.1 Å². The summed E-state index contributed by atoms with van der Waals surface area (Å²) < 4.78 is 7.06. The zero-order valence-corrected chi connectivity index (χ0v) is 13.4.